The summed E-state index contributed by atoms with van der Waals surface area (Å²) in [6, 6.07) is 0. The molecule has 1 aliphatic rings. The molecule has 1 aromatic rings. The summed E-state index contributed by atoms with van der Waals surface area (Å²) in [4.78, 5) is 16.3. The minimum absolute atomic E-state index is 0.0985. The van der Waals surface area contributed by atoms with Crippen LogP contribution in [0.1, 0.15) is 38.4 Å². The molecule has 6 heteroatoms. The van der Waals surface area contributed by atoms with Gasteiger partial charge in [0.25, 0.3) is 0 Å². The van der Waals surface area contributed by atoms with Crippen LogP contribution in [0.5, 0.6) is 0 Å². The number of amides is 1. The lowest BCUT2D eigenvalue weighted by atomic mass is 9.76. The van der Waals surface area contributed by atoms with Crippen LogP contribution < -0.4 is 10.6 Å². The molecule has 0 spiro atoms. The molecule has 2 N–H and O–H groups in total. The highest BCUT2D eigenvalue weighted by Gasteiger charge is 2.38. The summed E-state index contributed by atoms with van der Waals surface area (Å²) in [6.45, 7) is 4.21. The second kappa shape index (κ2) is 5.95. The molecular formula is C12H20N4O2. The predicted octanol–water partition coefficient (Wildman–Crippen LogP) is 0.856. The van der Waals surface area contributed by atoms with Crippen LogP contribution in [0.15, 0.2) is 10.9 Å². The number of aromatic nitrogens is 2. The van der Waals surface area contributed by atoms with E-state index in [0.717, 1.165) is 38.8 Å². The molecule has 1 saturated heterocycles. The number of piperidine rings is 1. The number of carbonyl (C=O) groups is 1. The second-order valence-corrected chi connectivity index (χ2v) is 4.84. The molecule has 0 radical (unpaired) electrons. The summed E-state index contributed by atoms with van der Waals surface area (Å²) >= 11 is 0. The van der Waals surface area contributed by atoms with E-state index in [1.54, 1.807) is 0 Å². The second-order valence-electron chi connectivity index (χ2n) is 4.84. The van der Waals surface area contributed by atoms with Gasteiger partial charge in [-0.3, -0.25) is 4.79 Å². The highest BCUT2D eigenvalue weighted by molar-refractivity contribution is 5.82. The third-order valence-corrected chi connectivity index (χ3v) is 3.50. The average Bonchev–Trinajstić information content (AvgIpc) is 2.90. The van der Waals surface area contributed by atoms with Crippen molar-refractivity contribution in [3.05, 3.63) is 12.2 Å². The molecule has 0 saturated carbocycles. The Morgan fingerprint density at radius 3 is 3.17 bits per heavy atom. The Hall–Kier alpha value is -1.43. The fourth-order valence-corrected chi connectivity index (χ4v) is 2.58. The van der Waals surface area contributed by atoms with E-state index in [4.69, 9.17) is 0 Å². The zero-order valence-electron chi connectivity index (χ0n) is 10.7. The van der Waals surface area contributed by atoms with Crippen molar-refractivity contribution >= 4 is 5.91 Å². The molecule has 100 valence electrons. The van der Waals surface area contributed by atoms with Crippen molar-refractivity contribution in [3.63, 3.8) is 0 Å². The molecule has 18 heavy (non-hydrogen) atoms. The highest BCUT2D eigenvalue weighted by Crippen LogP contribution is 2.31. The van der Waals surface area contributed by atoms with Crippen molar-refractivity contribution < 1.29 is 9.32 Å². The normalized spacial score (nSPS) is 23.8. The Morgan fingerprint density at radius 2 is 2.56 bits per heavy atom. The highest BCUT2D eigenvalue weighted by atomic mass is 16.5. The molecule has 1 unspecified atom stereocenters. The summed E-state index contributed by atoms with van der Waals surface area (Å²) < 4.78 is 4.64. The van der Waals surface area contributed by atoms with Gasteiger partial charge < -0.3 is 15.2 Å². The van der Waals surface area contributed by atoms with Gasteiger partial charge in [-0.15, -0.1) is 0 Å². The quantitative estimate of drug-likeness (QED) is 0.812. The number of carbonyl (C=O) groups excluding carboxylic acids is 1. The zero-order chi connectivity index (χ0) is 12.8. The van der Waals surface area contributed by atoms with Crippen LogP contribution in [-0.4, -0.2) is 29.1 Å². The van der Waals surface area contributed by atoms with E-state index in [9.17, 15) is 4.79 Å². The third-order valence-electron chi connectivity index (χ3n) is 3.50. The Labute approximate surface area is 107 Å². The number of hydrogen-bond donors (Lipinski definition) is 2. The maximum Gasteiger partial charge on any atom is 0.227 e. The summed E-state index contributed by atoms with van der Waals surface area (Å²) in [5, 5.41) is 9.93. The maximum absolute atomic E-state index is 12.4. The number of hydrogen-bond acceptors (Lipinski definition) is 5. The first kappa shape index (κ1) is 13.0. The summed E-state index contributed by atoms with van der Waals surface area (Å²) in [6.07, 6.45) is 5.20. The molecule has 1 fully saturated rings. The van der Waals surface area contributed by atoms with E-state index >= 15 is 0 Å². The maximum atomic E-state index is 12.4. The molecule has 1 amide bonds. The topological polar surface area (TPSA) is 80.1 Å². The molecule has 0 bridgehead atoms. The first-order valence-electron chi connectivity index (χ1n) is 6.51. The molecule has 0 aliphatic carbocycles. The van der Waals surface area contributed by atoms with Gasteiger partial charge in [-0.25, -0.2) is 0 Å². The lowest BCUT2D eigenvalue weighted by Crippen LogP contribution is -2.50. The molecule has 1 aliphatic heterocycles. The number of nitrogens with one attached hydrogen (secondary N) is 2. The Balaban J connectivity index is 1.95. The zero-order valence-corrected chi connectivity index (χ0v) is 10.7. The van der Waals surface area contributed by atoms with Crippen molar-refractivity contribution in [1.29, 1.82) is 0 Å². The van der Waals surface area contributed by atoms with Crippen LogP contribution in [0.2, 0.25) is 0 Å². The fraction of sp³-hybridized carbons (Fsp3) is 0.750. The smallest absolute Gasteiger partial charge is 0.227 e. The predicted molar refractivity (Wildman–Crippen MR) is 65.6 cm³/mol. The lowest BCUT2D eigenvalue weighted by Gasteiger charge is -2.36. The lowest BCUT2D eigenvalue weighted by molar-refractivity contribution is -0.132. The van der Waals surface area contributed by atoms with Crippen LogP contribution in [0, 0.1) is 5.41 Å². The van der Waals surface area contributed by atoms with Crippen LogP contribution >= 0.6 is 0 Å². The van der Waals surface area contributed by atoms with Gasteiger partial charge in [0.2, 0.25) is 12.3 Å². The van der Waals surface area contributed by atoms with Crippen LogP contribution in [0.3, 0.4) is 0 Å². The fourth-order valence-electron chi connectivity index (χ4n) is 2.58. The van der Waals surface area contributed by atoms with Crippen LogP contribution in [-0.2, 0) is 11.3 Å². The van der Waals surface area contributed by atoms with E-state index in [0.29, 0.717) is 12.4 Å². The van der Waals surface area contributed by atoms with Crippen molar-refractivity contribution in [2.75, 3.05) is 13.1 Å². The first-order chi connectivity index (χ1) is 8.77. The molecule has 2 rings (SSSR count). The molecule has 1 aromatic heterocycles. The summed E-state index contributed by atoms with van der Waals surface area (Å²) in [7, 11) is 0. The number of nitrogens with zero attached hydrogens (tertiary/aromatic N) is 2. The first-order valence-corrected chi connectivity index (χ1v) is 6.51. The van der Waals surface area contributed by atoms with Gasteiger partial charge in [-0.1, -0.05) is 18.5 Å². The van der Waals surface area contributed by atoms with E-state index < -0.39 is 0 Å². The van der Waals surface area contributed by atoms with Crippen LogP contribution in [0.25, 0.3) is 0 Å². The Kier molecular flexibility index (Phi) is 4.30. The van der Waals surface area contributed by atoms with Gasteiger partial charge in [-0.05, 0) is 25.8 Å². The van der Waals surface area contributed by atoms with E-state index in [2.05, 4.69) is 32.2 Å². The summed E-state index contributed by atoms with van der Waals surface area (Å²) in [5.74, 6) is 0.611. The van der Waals surface area contributed by atoms with Gasteiger partial charge in [0.05, 0.1) is 12.0 Å². The molecule has 0 aromatic carbocycles. The van der Waals surface area contributed by atoms with E-state index in [-0.39, 0.29) is 11.3 Å². The molecule has 1 atom stereocenters. The largest absolute Gasteiger partial charge is 0.348 e. The van der Waals surface area contributed by atoms with Crippen molar-refractivity contribution in [2.24, 2.45) is 5.41 Å². The SMILES string of the molecule is CCCC1(C(=O)NCc2ncon2)CCCNC1. The Morgan fingerprint density at radius 1 is 1.67 bits per heavy atom. The average molecular weight is 252 g/mol. The monoisotopic (exact) mass is 252 g/mol. The van der Waals surface area contributed by atoms with Gasteiger partial charge in [-0.2, -0.15) is 4.98 Å². The van der Waals surface area contributed by atoms with Gasteiger partial charge >= 0.3 is 0 Å². The third kappa shape index (κ3) is 2.87. The minimum atomic E-state index is -0.267. The van der Waals surface area contributed by atoms with Crippen molar-refractivity contribution in [1.82, 2.24) is 20.8 Å². The van der Waals surface area contributed by atoms with Gasteiger partial charge in [0, 0.05) is 6.54 Å². The minimum Gasteiger partial charge on any atom is -0.348 e. The molecule has 6 nitrogen and oxygen atoms in total. The van der Waals surface area contributed by atoms with Crippen LogP contribution in [0.4, 0.5) is 0 Å². The Bertz CT molecular complexity index is 366. The molecular weight excluding hydrogens is 232 g/mol. The number of rotatable bonds is 5. The van der Waals surface area contributed by atoms with E-state index in [1.807, 2.05) is 0 Å². The van der Waals surface area contributed by atoms with E-state index in [1.165, 1.54) is 6.39 Å². The summed E-state index contributed by atoms with van der Waals surface area (Å²) in [5.41, 5.74) is -0.267. The van der Waals surface area contributed by atoms with Crippen molar-refractivity contribution in [2.45, 2.75) is 39.2 Å². The van der Waals surface area contributed by atoms with Crippen molar-refractivity contribution in [3.8, 4) is 0 Å². The standard InChI is InChI=1S/C12H20N4O2/c1-2-4-12(5-3-6-13-8-12)11(17)14-7-10-15-9-18-16-10/h9,13H,2-8H2,1H3,(H,14,17). The molecule has 2 heterocycles. The van der Waals surface area contributed by atoms with Gasteiger partial charge in [0.15, 0.2) is 5.82 Å². The van der Waals surface area contributed by atoms with Gasteiger partial charge in [0.1, 0.15) is 0 Å².